The van der Waals surface area contributed by atoms with Crippen LogP contribution in [0.4, 0.5) is 0 Å². The summed E-state index contributed by atoms with van der Waals surface area (Å²) in [4.78, 5) is 21.8. The van der Waals surface area contributed by atoms with Gasteiger partial charge in [-0.3, -0.25) is 9.59 Å². The second-order valence-electron chi connectivity index (χ2n) is 3.13. The maximum atomic E-state index is 11.4. The standard InChI is InChI=1S/C11H11ClO3/c12-6-5-10(13)9-3-1-8(2-4-9)7-11(14)15/h1-4H,5-7H2,(H,14,15). The topological polar surface area (TPSA) is 54.4 Å². The number of rotatable bonds is 5. The minimum atomic E-state index is -0.880. The van der Waals surface area contributed by atoms with Gasteiger partial charge in [0, 0.05) is 17.9 Å². The molecule has 0 spiro atoms. The molecule has 4 heteroatoms. The van der Waals surface area contributed by atoms with Crippen LogP contribution in [0.5, 0.6) is 0 Å². The summed E-state index contributed by atoms with van der Waals surface area (Å²) >= 11 is 5.45. The molecule has 0 unspecified atom stereocenters. The van der Waals surface area contributed by atoms with E-state index in [-0.39, 0.29) is 12.2 Å². The van der Waals surface area contributed by atoms with Gasteiger partial charge in [-0.25, -0.2) is 0 Å². The molecule has 1 aromatic rings. The molecule has 1 N–H and O–H groups in total. The zero-order valence-electron chi connectivity index (χ0n) is 8.07. The van der Waals surface area contributed by atoms with Crippen LogP contribution in [0.1, 0.15) is 22.3 Å². The molecule has 0 aliphatic heterocycles. The van der Waals surface area contributed by atoms with Crippen LogP contribution < -0.4 is 0 Å². The van der Waals surface area contributed by atoms with E-state index in [1.165, 1.54) is 0 Å². The van der Waals surface area contributed by atoms with Crippen LogP contribution in [-0.4, -0.2) is 22.7 Å². The summed E-state index contributed by atoms with van der Waals surface area (Å²) in [6.45, 7) is 0. The van der Waals surface area contributed by atoms with Crippen LogP contribution >= 0.6 is 11.6 Å². The zero-order valence-corrected chi connectivity index (χ0v) is 8.83. The number of hydrogen-bond acceptors (Lipinski definition) is 2. The second kappa shape index (κ2) is 5.51. The molecule has 0 amide bonds. The molecule has 0 bridgehead atoms. The van der Waals surface area contributed by atoms with E-state index in [0.717, 1.165) is 0 Å². The van der Waals surface area contributed by atoms with Crippen LogP contribution in [0.3, 0.4) is 0 Å². The van der Waals surface area contributed by atoms with Gasteiger partial charge in [0.2, 0.25) is 0 Å². The first-order valence-electron chi connectivity index (χ1n) is 4.53. The van der Waals surface area contributed by atoms with Crippen molar-refractivity contribution in [3.8, 4) is 0 Å². The summed E-state index contributed by atoms with van der Waals surface area (Å²) in [5.74, 6) is -0.600. The number of carboxylic acid groups (broad SMARTS) is 1. The third-order valence-corrected chi connectivity index (χ3v) is 2.14. The van der Waals surface area contributed by atoms with Crippen molar-refractivity contribution in [2.24, 2.45) is 0 Å². The van der Waals surface area contributed by atoms with Gasteiger partial charge in [0.25, 0.3) is 0 Å². The Kier molecular flexibility index (Phi) is 4.31. The molecular formula is C11H11ClO3. The van der Waals surface area contributed by atoms with Gasteiger partial charge in [-0.1, -0.05) is 24.3 Å². The number of halogens is 1. The van der Waals surface area contributed by atoms with Crippen molar-refractivity contribution >= 4 is 23.4 Å². The van der Waals surface area contributed by atoms with Crippen molar-refractivity contribution in [2.75, 3.05) is 5.88 Å². The Morgan fingerprint density at radius 2 is 1.80 bits per heavy atom. The fourth-order valence-corrected chi connectivity index (χ4v) is 1.38. The fraction of sp³-hybridized carbons (Fsp3) is 0.273. The number of Topliss-reactive ketones (excluding diaryl/α,β-unsaturated/α-hetero) is 1. The summed E-state index contributed by atoms with van der Waals surface area (Å²) in [5, 5.41) is 8.55. The second-order valence-corrected chi connectivity index (χ2v) is 3.51. The Balaban J connectivity index is 2.71. The highest BCUT2D eigenvalue weighted by atomic mass is 35.5. The van der Waals surface area contributed by atoms with Crippen molar-refractivity contribution in [3.05, 3.63) is 35.4 Å². The molecule has 0 aliphatic rings. The Bertz CT molecular complexity index is 357. The van der Waals surface area contributed by atoms with Crippen molar-refractivity contribution < 1.29 is 14.7 Å². The summed E-state index contributed by atoms with van der Waals surface area (Å²) in [6, 6.07) is 6.56. The molecule has 0 aliphatic carbocycles. The number of hydrogen-bond donors (Lipinski definition) is 1. The largest absolute Gasteiger partial charge is 0.481 e. The van der Waals surface area contributed by atoms with Gasteiger partial charge in [-0.15, -0.1) is 11.6 Å². The summed E-state index contributed by atoms with van der Waals surface area (Å²) in [7, 11) is 0. The maximum absolute atomic E-state index is 11.4. The van der Waals surface area contributed by atoms with Gasteiger partial charge in [0.1, 0.15) is 0 Å². The number of carbonyl (C=O) groups is 2. The first-order valence-corrected chi connectivity index (χ1v) is 5.07. The molecule has 1 aromatic carbocycles. The summed E-state index contributed by atoms with van der Waals surface area (Å²) in [5.41, 5.74) is 1.26. The smallest absolute Gasteiger partial charge is 0.307 e. The molecule has 0 saturated heterocycles. The lowest BCUT2D eigenvalue weighted by atomic mass is 10.1. The number of ketones is 1. The van der Waals surface area contributed by atoms with E-state index < -0.39 is 5.97 Å². The SMILES string of the molecule is O=C(O)Cc1ccc(C(=O)CCCl)cc1. The first kappa shape index (κ1) is 11.7. The van der Waals surface area contributed by atoms with Crippen LogP contribution in [0.15, 0.2) is 24.3 Å². The monoisotopic (exact) mass is 226 g/mol. The van der Waals surface area contributed by atoms with E-state index in [0.29, 0.717) is 23.4 Å². The van der Waals surface area contributed by atoms with Crippen LogP contribution in [0.25, 0.3) is 0 Å². The third-order valence-electron chi connectivity index (χ3n) is 1.95. The molecule has 15 heavy (non-hydrogen) atoms. The Hall–Kier alpha value is -1.35. The summed E-state index contributed by atoms with van der Waals surface area (Å²) in [6.07, 6.45) is 0.282. The van der Waals surface area contributed by atoms with Gasteiger partial charge in [-0.2, -0.15) is 0 Å². The molecule has 80 valence electrons. The van der Waals surface area contributed by atoms with Crippen molar-refractivity contribution in [1.82, 2.24) is 0 Å². The van der Waals surface area contributed by atoms with Gasteiger partial charge < -0.3 is 5.11 Å². The first-order chi connectivity index (χ1) is 7.13. The lowest BCUT2D eigenvalue weighted by molar-refractivity contribution is -0.136. The number of alkyl halides is 1. The highest BCUT2D eigenvalue weighted by Crippen LogP contribution is 2.08. The fourth-order valence-electron chi connectivity index (χ4n) is 1.21. The van der Waals surface area contributed by atoms with E-state index in [1.807, 2.05) is 0 Å². The number of carboxylic acids is 1. The average Bonchev–Trinajstić information content (AvgIpc) is 2.18. The van der Waals surface area contributed by atoms with Crippen LogP contribution in [0, 0.1) is 0 Å². The third kappa shape index (κ3) is 3.72. The molecule has 0 heterocycles. The van der Waals surface area contributed by atoms with E-state index >= 15 is 0 Å². The van der Waals surface area contributed by atoms with E-state index in [4.69, 9.17) is 16.7 Å². The summed E-state index contributed by atoms with van der Waals surface area (Å²) < 4.78 is 0. The van der Waals surface area contributed by atoms with Gasteiger partial charge >= 0.3 is 5.97 Å². The maximum Gasteiger partial charge on any atom is 0.307 e. The average molecular weight is 227 g/mol. The van der Waals surface area contributed by atoms with Gasteiger partial charge in [0.05, 0.1) is 6.42 Å². The predicted octanol–water partition coefficient (Wildman–Crippen LogP) is 2.13. The van der Waals surface area contributed by atoms with Crippen molar-refractivity contribution in [3.63, 3.8) is 0 Å². The van der Waals surface area contributed by atoms with E-state index in [2.05, 4.69) is 0 Å². The van der Waals surface area contributed by atoms with Crippen molar-refractivity contribution in [2.45, 2.75) is 12.8 Å². The quantitative estimate of drug-likeness (QED) is 0.618. The molecule has 0 fully saturated rings. The lowest BCUT2D eigenvalue weighted by Gasteiger charge is -2.00. The van der Waals surface area contributed by atoms with Crippen LogP contribution in [-0.2, 0) is 11.2 Å². The van der Waals surface area contributed by atoms with Gasteiger partial charge in [-0.05, 0) is 5.56 Å². The van der Waals surface area contributed by atoms with E-state index in [9.17, 15) is 9.59 Å². The Morgan fingerprint density at radius 3 is 2.27 bits per heavy atom. The Labute approximate surface area is 92.7 Å². The predicted molar refractivity (Wildman–Crippen MR) is 57.4 cm³/mol. The van der Waals surface area contributed by atoms with Gasteiger partial charge in [0.15, 0.2) is 5.78 Å². The Morgan fingerprint density at radius 1 is 1.20 bits per heavy atom. The lowest BCUT2D eigenvalue weighted by Crippen LogP contribution is -2.02. The molecule has 1 rings (SSSR count). The molecule has 0 radical (unpaired) electrons. The van der Waals surface area contributed by atoms with E-state index in [1.54, 1.807) is 24.3 Å². The number of benzene rings is 1. The number of carbonyl (C=O) groups excluding carboxylic acids is 1. The van der Waals surface area contributed by atoms with Crippen LogP contribution in [0.2, 0.25) is 0 Å². The highest BCUT2D eigenvalue weighted by Gasteiger charge is 2.05. The molecular weight excluding hydrogens is 216 g/mol. The zero-order chi connectivity index (χ0) is 11.3. The highest BCUT2D eigenvalue weighted by molar-refractivity contribution is 6.19. The molecule has 0 atom stereocenters. The molecule has 3 nitrogen and oxygen atoms in total. The molecule has 0 saturated carbocycles. The molecule has 0 aromatic heterocycles. The normalized spacial score (nSPS) is 9.93. The van der Waals surface area contributed by atoms with Crippen molar-refractivity contribution in [1.29, 1.82) is 0 Å². The minimum absolute atomic E-state index is 0.0214. The number of aliphatic carboxylic acids is 1. The minimum Gasteiger partial charge on any atom is -0.481 e.